The summed E-state index contributed by atoms with van der Waals surface area (Å²) in [5.41, 5.74) is 0.701. The third-order valence-electron chi connectivity index (χ3n) is 4.09. The number of nitrogens with zero attached hydrogens (tertiary/aromatic N) is 5. The Balaban J connectivity index is 1.52. The van der Waals surface area contributed by atoms with E-state index in [4.69, 9.17) is 0 Å². The molecule has 1 N–H and O–H groups in total. The predicted octanol–water partition coefficient (Wildman–Crippen LogP) is 2.26. The number of carbonyl (C=O) groups excluding carboxylic acids is 1. The molecule has 29 heavy (non-hydrogen) atoms. The summed E-state index contributed by atoms with van der Waals surface area (Å²) >= 11 is 0. The summed E-state index contributed by atoms with van der Waals surface area (Å²) in [5, 5.41) is 10.9. The Bertz CT molecular complexity index is 1200. The number of nitrogens with one attached hydrogen (secondary N) is 1. The Labute approximate surface area is 164 Å². The maximum absolute atomic E-state index is 13.1. The molecule has 0 spiro atoms. The van der Waals surface area contributed by atoms with Crippen LogP contribution in [-0.4, -0.2) is 30.5 Å². The molecule has 144 valence electrons. The zero-order chi connectivity index (χ0) is 20.2. The molecule has 0 unspecified atom stereocenters. The SMILES string of the molecule is O=C(Nc1ccn(Cc2ccncc2)n1)c1nn(-c2ccc(F)cc2)ccc1=O. The predicted molar refractivity (Wildman–Crippen MR) is 103 cm³/mol. The summed E-state index contributed by atoms with van der Waals surface area (Å²) in [4.78, 5) is 28.6. The van der Waals surface area contributed by atoms with Crippen LogP contribution in [0, 0.1) is 5.82 Å². The lowest BCUT2D eigenvalue weighted by atomic mass is 10.3. The van der Waals surface area contributed by atoms with Crippen molar-refractivity contribution in [1.29, 1.82) is 0 Å². The molecular formula is C20H15FN6O2. The molecule has 0 fully saturated rings. The molecule has 0 saturated heterocycles. The number of carbonyl (C=O) groups is 1. The highest BCUT2D eigenvalue weighted by Crippen LogP contribution is 2.09. The highest BCUT2D eigenvalue weighted by molar-refractivity contribution is 6.02. The van der Waals surface area contributed by atoms with E-state index < -0.39 is 17.2 Å². The minimum absolute atomic E-state index is 0.291. The molecule has 0 aliphatic rings. The molecule has 0 atom stereocenters. The Kier molecular flexibility index (Phi) is 4.93. The van der Waals surface area contributed by atoms with Gasteiger partial charge in [0.2, 0.25) is 5.43 Å². The molecular weight excluding hydrogens is 375 g/mol. The maximum atomic E-state index is 13.1. The number of pyridine rings is 1. The molecule has 1 aromatic carbocycles. The van der Waals surface area contributed by atoms with Crippen molar-refractivity contribution >= 4 is 11.7 Å². The van der Waals surface area contributed by atoms with Gasteiger partial charge in [0.05, 0.1) is 12.2 Å². The highest BCUT2D eigenvalue weighted by atomic mass is 19.1. The van der Waals surface area contributed by atoms with Crippen LogP contribution in [0.1, 0.15) is 16.1 Å². The van der Waals surface area contributed by atoms with E-state index >= 15 is 0 Å². The molecule has 0 saturated carbocycles. The van der Waals surface area contributed by atoms with Crippen LogP contribution in [0.4, 0.5) is 10.2 Å². The fourth-order valence-electron chi connectivity index (χ4n) is 2.67. The Hall–Kier alpha value is -4.14. The summed E-state index contributed by atoms with van der Waals surface area (Å²) in [6, 6.07) is 12.1. The van der Waals surface area contributed by atoms with Gasteiger partial charge < -0.3 is 5.32 Å². The molecule has 3 aromatic heterocycles. The minimum Gasteiger partial charge on any atom is -0.304 e. The van der Waals surface area contributed by atoms with Gasteiger partial charge in [-0.3, -0.25) is 19.3 Å². The smallest absolute Gasteiger partial charge is 0.281 e. The molecule has 0 aliphatic carbocycles. The normalized spacial score (nSPS) is 10.7. The third kappa shape index (κ3) is 4.24. The average molecular weight is 390 g/mol. The van der Waals surface area contributed by atoms with E-state index in [2.05, 4.69) is 20.5 Å². The molecule has 9 heteroatoms. The van der Waals surface area contributed by atoms with Crippen LogP contribution < -0.4 is 10.7 Å². The van der Waals surface area contributed by atoms with E-state index in [0.717, 1.165) is 5.56 Å². The monoisotopic (exact) mass is 390 g/mol. The van der Waals surface area contributed by atoms with Crippen molar-refractivity contribution in [2.45, 2.75) is 6.54 Å². The summed E-state index contributed by atoms with van der Waals surface area (Å²) in [5.74, 6) is -0.779. The number of hydrogen-bond acceptors (Lipinski definition) is 5. The number of aromatic nitrogens is 5. The van der Waals surface area contributed by atoms with Gasteiger partial charge in [-0.25, -0.2) is 9.07 Å². The molecule has 4 aromatic rings. The molecule has 0 bridgehead atoms. The average Bonchev–Trinajstić information content (AvgIpc) is 3.16. The number of amides is 1. The summed E-state index contributed by atoms with van der Waals surface area (Å²) in [6.07, 6.45) is 6.50. The number of hydrogen-bond donors (Lipinski definition) is 1. The van der Waals surface area contributed by atoms with Crippen molar-refractivity contribution in [3.8, 4) is 5.69 Å². The Morgan fingerprint density at radius 1 is 0.966 bits per heavy atom. The lowest BCUT2D eigenvalue weighted by Crippen LogP contribution is -2.25. The lowest BCUT2D eigenvalue weighted by Gasteiger charge is -2.07. The van der Waals surface area contributed by atoms with Gasteiger partial charge in [0.1, 0.15) is 5.82 Å². The second-order valence-electron chi connectivity index (χ2n) is 6.16. The van der Waals surface area contributed by atoms with E-state index in [-0.39, 0.29) is 5.69 Å². The first-order valence-corrected chi connectivity index (χ1v) is 8.68. The molecule has 0 radical (unpaired) electrons. The van der Waals surface area contributed by atoms with Gasteiger partial charge >= 0.3 is 0 Å². The lowest BCUT2D eigenvalue weighted by molar-refractivity contribution is 0.101. The van der Waals surface area contributed by atoms with Crippen LogP contribution in [-0.2, 0) is 6.54 Å². The Morgan fingerprint density at radius 2 is 1.72 bits per heavy atom. The van der Waals surface area contributed by atoms with Crippen molar-refractivity contribution < 1.29 is 9.18 Å². The van der Waals surface area contributed by atoms with Gasteiger partial charge in [0.25, 0.3) is 5.91 Å². The fraction of sp³-hybridized carbons (Fsp3) is 0.0500. The second-order valence-corrected chi connectivity index (χ2v) is 6.16. The van der Waals surface area contributed by atoms with Gasteiger partial charge in [-0.2, -0.15) is 10.2 Å². The zero-order valence-corrected chi connectivity index (χ0v) is 15.1. The van der Waals surface area contributed by atoms with Crippen molar-refractivity contribution in [1.82, 2.24) is 24.5 Å². The quantitative estimate of drug-likeness (QED) is 0.564. The van der Waals surface area contributed by atoms with Crippen LogP contribution in [0.2, 0.25) is 0 Å². The number of rotatable bonds is 5. The number of benzene rings is 1. The van der Waals surface area contributed by atoms with Crippen LogP contribution in [0.5, 0.6) is 0 Å². The van der Waals surface area contributed by atoms with E-state index in [0.29, 0.717) is 18.1 Å². The highest BCUT2D eigenvalue weighted by Gasteiger charge is 2.15. The summed E-state index contributed by atoms with van der Waals surface area (Å²) in [7, 11) is 0. The van der Waals surface area contributed by atoms with Crippen molar-refractivity contribution in [2.24, 2.45) is 0 Å². The first kappa shape index (κ1) is 18.2. The van der Waals surface area contributed by atoms with Gasteiger partial charge in [-0.1, -0.05) is 0 Å². The number of halogens is 1. The third-order valence-corrected chi connectivity index (χ3v) is 4.09. The molecule has 4 rings (SSSR count). The topological polar surface area (TPSA) is 94.7 Å². The van der Waals surface area contributed by atoms with Gasteiger partial charge in [0, 0.05) is 36.9 Å². The van der Waals surface area contributed by atoms with Crippen molar-refractivity contribution in [3.05, 3.63) is 101 Å². The van der Waals surface area contributed by atoms with Gasteiger partial charge in [-0.05, 0) is 42.0 Å². The van der Waals surface area contributed by atoms with Gasteiger partial charge in [0.15, 0.2) is 11.5 Å². The molecule has 3 heterocycles. The maximum Gasteiger partial charge on any atom is 0.281 e. The zero-order valence-electron chi connectivity index (χ0n) is 15.1. The van der Waals surface area contributed by atoms with Gasteiger partial charge in [-0.15, -0.1) is 0 Å². The van der Waals surface area contributed by atoms with Crippen molar-refractivity contribution in [2.75, 3.05) is 5.32 Å². The van der Waals surface area contributed by atoms with Crippen LogP contribution >= 0.6 is 0 Å². The van der Waals surface area contributed by atoms with Crippen molar-refractivity contribution in [3.63, 3.8) is 0 Å². The first-order valence-electron chi connectivity index (χ1n) is 8.68. The van der Waals surface area contributed by atoms with E-state index in [9.17, 15) is 14.0 Å². The molecule has 0 aliphatic heterocycles. The fourth-order valence-corrected chi connectivity index (χ4v) is 2.67. The van der Waals surface area contributed by atoms with Crippen LogP contribution in [0.3, 0.4) is 0 Å². The number of anilines is 1. The van der Waals surface area contributed by atoms with E-state index in [1.807, 2.05) is 12.1 Å². The minimum atomic E-state index is -0.680. The van der Waals surface area contributed by atoms with Crippen LogP contribution in [0.15, 0.2) is 78.1 Å². The molecule has 1 amide bonds. The first-order chi connectivity index (χ1) is 14.1. The van der Waals surface area contributed by atoms with E-state index in [1.54, 1.807) is 29.3 Å². The standard InChI is InChI=1S/C20H15FN6O2/c21-15-1-3-16(4-2-15)27-12-7-17(28)19(25-27)20(29)23-18-8-11-26(24-18)13-14-5-9-22-10-6-14/h1-12H,13H2,(H,23,24,29). The van der Waals surface area contributed by atoms with Crippen LogP contribution in [0.25, 0.3) is 5.69 Å². The van der Waals surface area contributed by atoms with E-state index in [1.165, 1.54) is 41.2 Å². The summed E-state index contributed by atoms with van der Waals surface area (Å²) < 4.78 is 16.1. The Morgan fingerprint density at radius 3 is 2.48 bits per heavy atom. The molecule has 8 nitrogen and oxygen atoms in total. The summed E-state index contributed by atoms with van der Waals surface area (Å²) in [6.45, 7) is 0.513. The largest absolute Gasteiger partial charge is 0.304 e. The second kappa shape index (κ2) is 7.85.